The minimum absolute atomic E-state index is 0.726. The molecule has 0 unspecified atom stereocenters. The van der Waals surface area contributed by atoms with E-state index in [4.69, 9.17) is 4.98 Å². The second kappa shape index (κ2) is 6.16. The lowest BCUT2D eigenvalue weighted by atomic mass is 10.4. The number of nitrogens with zero attached hydrogens (tertiary/aromatic N) is 3. The van der Waals surface area contributed by atoms with Crippen LogP contribution in [0.5, 0.6) is 0 Å². The Labute approximate surface area is 124 Å². The lowest BCUT2D eigenvalue weighted by Crippen LogP contribution is -2.17. The van der Waals surface area contributed by atoms with Crippen molar-refractivity contribution >= 4 is 17.4 Å². The fourth-order valence-electron chi connectivity index (χ4n) is 2.15. The van der Waals surface area contributed by atoms with Gasteiger partial charge in [-0.15, -0.1) is 11.8 Å². The van der Waals surface area contributed by atoms with Crippen molar-refractivity contribution in [3.63, 3.8) is 0 Å². The van der Waals surface area contributed by atoms with Crippen LogP contribution in [0.25, 0.3) is 5.65 Å². The summed E-state index contributed by atoms with van der Waals surface area (Å²) in [5, 5.41) is 4.78. The van der Waals surface area contributed by atoms with E-state index in [1.165, 1.54) is 23.6 Å². The summed E-state index contributed by atoms with van der Waals surface area (Å²) in [5.74, 6) is 1.08. The van der Waals surface area contributed by atoms with Gasteiger partial charge >= 0.3 is 0 Å². The molecule has 1 N–H and O–H groups in total. The van der Waals surface area contributed by atoms with Gasteiger partial charge in [0.25, 0.3) is 0 Å². The van der Waals surface area contributed by atoms with E-state index in [1.807, 2.05) is 11.8 Å². The monoisotopic (exact) mass is 290 g/mol. The van der Waals surface area contributed by atoms with Crippen molar-refractivity contribution in [1.82, 2.24) is 19.6 Å². The van der Waals surface area contributed by atoms with Gasteiger partial charge in [-0.1, -0.05) is 6.07 Å². The minimum atomic E-state index is 0.726. The Hall–Kier alpha value is -1.04. The van der Waals surface area contributed by atoms with E-state index in [9.17, 15) is 0 Å². The Bertz CT molecular complexity index is 574. The fraction of sp³-hybridized carbons (Fsp3) is 0.533. The van der Waals surface area contributed by atoms with Gasteiger partial charge in [0.1, 0.15) is 10.7 Å². The van der Waals surface area contributed by atoms with Crippen LogP contribution >= 0.6 is 11.8 Å². The summed E-state index contributed by atoms with van der Waals surface area (Å²) in [6, 6.07) is 6.93. The van der Waals surface area contributed by atoms with E-state index in [2.05, 4.69) is 53.1 Å². The molecule has 4 nitrogen and oxygen atoms in total. The Morgan fingerprint density at radius 2 is 2.25 bits per heavy atom. The molecule has 0 aromatic carbocycles. The van der Waals surface area contributed by atoms with E-state index >= 15 is 0 Å². The van der Waals surface area contributed by atoms with Gasteiger partial charge in [-0.25, -0.2) is 4.98 Å². The summed E-state index contributed by atoms with van der Waals surface area (Å²) in [6.45, 7) is 1.99. The molecule has 0 bridgehead atoms. The minimum Gasteiger partial charge on any atom is -0.309 e. The second-order valence-corrected chi connectivity index (χ2v) is 6.68. The molecule has 2 aromatic heterocycles. The number of imidazole rings is 1. The van der Waals surface area contributed by atoms with Crippen LogP contribution in [0.15, 0.2) is 29.4 Å². The molecule has 0 amide bonds. The highest BCUT2D eigenvalue weighted by molar-refractivity contribution is 7.99. The number of nitrogens with one attached hydrogen (secondary N) is 1. The second-order valence-electron chi connectivity index (χ2n) is 5.60. The number of hydrogen-bond donors (Lipinski definition) is 1. The largest absolute Gasteiger partial charge is 0.309 e. The smallest absolute Gasteiger partial charge is 0.138 e. The fourth-order valence-corrected chi connectivity index (χ4v) is 3.30. The maximum atomic E-state index is 4.78. The summed E-state index contributed by atoms with van der Waals surface area (Å²) in [7, 11) is 4.22. The molecule has 1 fully saturated rings. The van der Waals surface area contributed by atoms with Crippen LogP contribution in [0.1, 0.15) is 18.5 Å². The SMILES string of the molecule is CN(C)CCSc1nc2ccccn2c1CNC1CC1. The van der Waals surface area contributed by atoms with E-state index in [-0.39, 0.29) is 0 Å². The lowest BCUT2D eigenvalue weighted by molar-refractivity contribution is 0.437. The molecule has 0 radical (unpaired) electrons. The predicted molar refractivity (Wildman–Crippen MR) is 84.3 cm³/mol. The molecule has 1 aliphatic carbocycles. The van der Waals surface area contributed by atoms with Crippen molar-refractivity contribution in [2.75, 3.05) is 26.4 Å². The van der Waals surface area contributed by atoms with E-state index < -0.39 is 0 Å². The summed E-state index contributed by atoms with van der Waals surface area (Å²) in [6.07, 6.45) is 4.75. The highest BCUT2D eigenvalue weighted by atomic mass is 32.2. The van der Waals surface area contributed by atoms with Crippen molar-refractivity contribution in [1.29, 1.82) is 0 Å². The molecular weight excluding hydrogens is 268 g/mol. The van der Waals surface area contributed by atoms with Gasteiger partial charge in [0.15, 0.2) is 0 Å². The third kappa shape index (κ3) is 3.34. The van der Waals surface area contributed by atoms with Crippen LogP contribution in [-0.4, -0.2) is 46.7 Å². The zero-order valence-electron chi connectivity index (χ0n) is 12.2. The molecule has 2 aromatic rings. The van der Waals surface area contributed by atoms with Crippen LogP contribution in [0.2, 0.25) is 0 Å². The molecule has 2 heterocycles. The molecule has 108 valence electrons. The molecule has 0 atom stereocenters. The number of aromatic nitrogens is 2. The zero-order chi connectivity index (χ0) is 13.9. The van der Waals surface area contributed by atoms with Crippen LogP contribution in [0.3, 0.4) is 0 Å². The summed E-state index contributed by atoms with van der Waals surface area (Å²) < 4.78 is 2.22. The van der Waals surface area contributed by atoms with Gasteiger partial charge in [0, 0.05) is 31.1 Å². The lowest BCUT2D eigenvalue weighted by Gasteiger charge is -2.09. The molecule has 0 spiro atoms. The highest BCUT2D eigenvalue weighted by Gasteiger charge is 2.22. The first-order chi connectivity index (χ1) is 9.74. The molecule has 20 heavy (non-hydrogen) atoms. The first-order valence-corrected chi connectivity index (χ1v) is 8.19. The first-order valence-electron chi connectivity index (χ1n) is 7.21. The van der Waals surface area contributed by atoms with Crippen LogP contribution < -0.4 is 5.32 Å². The number of thioether (sulfide) groups is 1. The summed E-state index contributed by atoms with van der Waals surface area (Å²) in [4.78, 5) is 6.99. The maximum absolute atomic E-state index is 4.78. The van der Waals surface area contributed by atoms with Gasteiger partial charge in [-0.3, -0.25) is 0 Å². The molecule has 0 saturated heterocycles. The van der Waals surface area contributed by atoms with Crippen molar-refractivity contribution in [2.45, 2.75) is 30.5 Å². The normalized spacial score (nSPS) is 15.3. The quantitative estimate of drug-likeness (QED) is 0.793. The maximum Gasteiger partial charge on any atom is 0.138 e. The zero-order valence-corrected chi connectivity index (χ0v) is 13.0. The van der Waals surface area contributed by atoms with Gasteiger partial charge in [0.05, 0.1) is 5.69 Å². The van der Waals surface area contributed by atoms with Crippen LogP contribution in [0.4, 0.5) is 0 Å². The number of fused-ring (bicyclic) bond motifs is 1. The van der Waals surface area contributed by atoms with Gasteiger partial charge in [-0.2, -0.15) is 0 Å². The van der Waals surface area contributed by atoms with E-state index in [0.29, 0.717) is 0 Å². The third-order valence-corrected chi connectivity index (χ3v) is 4.49. The Balaban J connectivity index is 1.78. The average Bonchev–Trinajstić information content (AvgIpc) is 3.18. The van der Waals surface area contributed by atoms with Crippen molar-refractivity contribution in [3.8, 4) is 0 Å². The number of rotatable bonds is 7. The first kappa shape index (κ1) is 13.9. The third-order valence-electron chi connectivity index (χ3n) is 3.50. The molecular formula is C15H22N4S. The van der Waals surface area contributed by atoms with Crippen LogP contribution in [0, 0.1) is 0 Å². The molecule has 5 heteroatoms. The standard InChI is InChI=1S/C15H22N4S/c1-18(2)9-10-20-15-13(11-16-12-6-7-12)19-8-4-3-5-14(19)17-15/h3-5,8,12,16H,6-7,9-11H2,1-2H3. The number of hydrogen-bond acceptors (Lipinski definition) is 4. The van der Waals surface area contributed by atoms with Gasteiger partial charge < -0.3 is 14.6 Å². The molecule has 3 rings (SSSR count). The van der Waals surface area contributed by atoms with Crippen molar-refractivity contribution < 1.29 is 0 Å². The number of pyridine rings is 1. The summed E-state index contributed by atoms with van der Waals surface area (Å²) >= 11 is 1.86. The van der Waals surface area contributed by atoms with E-state index in [1.54, 1.807) is 0 Å². The Morgan fingerprint density at radius 1 is 1.40 bits per heavy atom. The average molecular weight is 290 g/mol. The van der Waals surface area contributed by atoms with Crippen molar-refractivity contribution in [3.05, 3.63) is 30.1 Å². The Morgan fingerprint density at radius 3 is 3.00 bits per heavy atom. The van der Waals surface area contributed by atoms with Crippen LogP contribution in [-0.2, 0) is 6.54 Å². The molecule has 1 saturated carbocycles. The van der Waals surface area contributed by atoms with Crippen molar-refractivity contribution in [2.24, 2.45) is 0 Å². The molecule has 0 aliphatic heterocycles. The summed E-state index contributed by atoms with van der Waals surface area (Å²) in [5.41, 5.74) is 2.35. The predicted octanol–water partition coefficient (Wildman–Crippen LogP) is 2.24. The topological polar surface area (TPSA) is 32.6 Å². The molecule has 1 aliphatic rings. The Kier molecular flexibility index (Phi) is 4.29. The van der Waals surface area contributed by atoms with Gasteiger partial charge in [0.2, 0.25) is 0 Å². The van der Waals surface area contributed by atoms with E-state index in [0.717, 1.165) is 30.5 Å². The van der Waals surface area contributed by atoms with Gasteiger partial charge in [-0.05, 0) is 39.1 Å². The highest BCUT2D eigenvalue weighted by Crippen LogP contribution is 2.25.